The lowest BCUT2D eigenvalue weighted by molar-refractivity contribution is 0.0526. The quantitative estimate of drug-likeness (QED) is 0.568. The fourth-order valence-electron chi connectivity index (χ4n) is 3.80. The first-order valence-electron chi connectivity index (χ1n) is 11.2. The largest absolute Gasteiger partial charge is 0.462 e. The number of nitrogens with one attached hydrogen (secondary N) is 2. The number of esters is 1. The lowest BCUT2D eigenvalue weighted by atomic mass is 9.95. The minimum absolute atomic E-state index is 0.286. The first kappa shape index (κ1) is 24.7. The Morgan fingerprint density at radius 1 is 1.09 bits per heavy atom. The van der Waals surface area contributed by atoms with Crippen LogP contribution in [-0.4, -0.2) is 51.0 Å². The molecule has 3 rings (SSSR count). The molecule has 0 spiro atoms. The predicted octanol–water partition coefficient (Wildman–Crippen LogP) is 3.78. The number of anilines is 1. The summed E-state index contributed by atoms with van der Waals surface area (Å²) >= 11 is 0. The van der Waals surface area contributed by atoms with Crippen molar-refractivity contribution >= 4 is 27.7 Å². The average molecular weight is 474 g/mol. The SMILES string of the molecule is CCOC(=O)c1cccc(NC(=O)NCCC2CCN(S(=O)(=O)c3ccc(C)cc3)CC2)c1. The number of hydrogen-bond acceptors (Lipinski definition) is 5. The number of rotatable bonds is 8. The highest BCUT2D eigenvalue weighted by atomic mass is 32.2. The number of piperidine rings is 1. The van der Waals surface area contributed by atoms with Crippen LogP contribution in [-0.2, 0) is 14.8 Å². The summed E-state index contributed by atoms with van der Waals surface area (Å²) < 4.78 is 32.1. The van der Waals surface area contributed by atoms with E-state index in [0.717, 1.165) is 24.8 Å². The molecule has 1 fully saturated rings. The lowest BCUT2D eigenvalue weighted by Crippen LogP contribution is -2.39. The van der Waals surface area contributed by atoms with Crippen molar-refractivity contribution in [3.8, 4) is 0 Å². The molecule has 8 nitrogen and oxygen atoms in total. The van der Waals surface area contributed by atoms with Gasteiger partial charge in [-0.15, -0.1) is 0 Å². The van der Waals surface area contributed by atoms with Crippen molar-refractivity contribution in [2.45, 2.75) is 38.0 Å². The Morgan fingerprint density at radius 2 is 1.79 bits per heavy atom. The molecule has 0 atom stereocenters. The molecule has 1 aliphatic heterocycles. The van der Waals surface area contributed by atoms with Crippen LogP contribution < -0.4 is 10.6 Å². The number of nitrogens with zero attached hydrogens (tertiary/aromatic N) is 1. The third-order valence-corrected chi connectivity index (χ3v) is 7.61. The van der Waals surface area contributed by atoms with E-state index in [1.54, 1.807) is 47.6 Å². The lowest BCUT2D eigenvalue weighted by Gasteiger charge is -2.31. The maximum Gasteiger partial charge on any atom is 0.338 e. The zero-order valence-electron chi connectivity index (χ0n) is 19.0. The monoisotopic (exact) mass is 473 g/mol. The molecule has 0 aliphatic carbocycles. The van der Waals surface area contributed by atoms with Gasteiger partial charge in [-0.3, -0.25) is 0 Å². The second-order valence-electron chi connectivity index (χ2n) is 8.13. The highest BCUT2D eigenvalue weighted by Crippen LogP contribution is 2.25. The van der Waals surface area contributed by atoms with Crippen molar-refractivity contribution in [3.05, 3.63) is 59.7 Å². The Kier molecular flexibility index (Phi) is 8.46. The van der Waals surface area contributed by atoms with Gasteiger partial charge in [-0.05, 0) is 69.4 Å². The van der Waals surface area contributed by atoms with Crippen LogP contribution in [0, 0.1) is 12.8 Å². The number of benzene rings is 2. The number of carbonyl (C=O) groups excluding carboxylic acids is 2. The van der Waals surface area contributed by atoms with Crippen LogP contribution in [0.4, 0.5) is 10.5 Å². The molecule has 1 aliphatic rings. The van der Waals surface area contributed by atoms with Gasteiger partial charge in [0.25, 0.3) is 0 Å². The van der Waals surface area contributed by atoms with Gasteiger partial charge in [0, 0.05) is 25.3 Å². The first-order chi connectivity index (χ1) is 15.8. The molecule has 2 aromatic carbocycles. The van der Waals surface area contributed by atoms with Gasteiger partial charge in [-0.2, -0.15) is 4.31 Å². The van der Waals surface area contributed by atoms with Crippen molar-refractivity contribution in [3.63, 3.8) is 0 Å². The minimum atomic E-state index is -3.46. The molecule has 178 valence electrons. The van der Waals surface area contributed by atoms with Gasteiger partial charge in [-0.1, -0.05) is 23.8 Å². The summed E-state index contributed by atoms with van der Waals surface area (Å²) in [6.45, 7) is 5.39. The van der Waals surface area contributed by atoms with E-state index in [2.05, 4.69) is 10.6 Å². The molecule has 0 unspecified atom stereocenters. The number of ether oxygens (including phenoxy) is 1. The minimum Gasteiger partial charge on any atom is -0.462 e. The van der Waals surface area contributed by atoms with Crippen molar-refractivity contribution < 1.29 is 22.7 Å². The van der Waals surface area contributed by atoms with Crippen LogP contribution in [0.3, 0.4) is 0 Å². The fraction of sp³-hybridized carbons (Fsp3) is 0.417. The molecule has 1 heterocycles. The molecule has 33 heavy (non-hydrogen) atoms. The number of urea groups is 1. The third-order valence-electron chi connectivity index (χ3n) is 5.70. The van der Waals surface area contributed by atoms with E-state index in [9.17, 15) is 18.0 Å². The molecule has 0 radical (unpaired) electrons. The Balaban J connectivity index is 1.41. The zero-order valence-corrected chi connectivity index (χ0v) is 19.9. The van der Waals surface area contributed by atoms with Crippen LogP contribution in [0.15, 0.2) is 53.4 Å². The third kappa shape index (κ3) is 6.79. The second-order valence-corrected chi connectivity index (χ2v) is 10.1. The van der Waals surface area contributed by atoms with Gasteiger partial charge in [0.2, 0.25) is 10.0 Å². The van der Waals surface area contributed by atoms with Crippen molar-refractivity contribution in [1.82, 2.24) is 9.62 Å². The summed E-state index contributed by atoms with van der Waals surface area (Å²) in [6, 6.07) is 13.2. The summed E-state index contributed by atoms with van der Waals surface area (Å²) in [7, 11) is -3.46. The predicted molar refractivity (Wildman–Crippen MR) is 127 cm³/mol. The van der Waals surface area contributed by atoms with Crippen molar-refractivity contribution in [1.29, 1.82) is 0 Å². The highest BCUT2D eigenvalue weighted by molar-refractivity contribution is 7.89. The summed E-state index contributed by atoms with van der Waals surface area (Å²) in [4.78, 5) is 24.3. The van der Waals surface area contributed by atoms with Crippen LogP contribution >= 0.6 is 0 Å². The number of aryl methyl sites for hydroxylation is 1. The summed E-state index contributed by atoms with van der Waals surface area (Å²) in [5, 5.41) is 5.55. The van der Waals surface area contributed by atoms with Crippen LogP contribution in [0.5, 0.6) is 0 Å². The Hall–Kier alpha value is -2.91. The van der Waals surface area contributed by atoms with Crippen LogP contribution in [0.2, 0.25) is 0 Å². The van der Waals surface area contributed by atoms with E-state index in [1.807, 2.05) is 19.1 Å². The smallest absolute Gasteiger partial charge is 0.338 e. The Morgan fingerprint density at radius 3 is 2.45 bits per heavy atom. The van der Waals surface area contributed by atoms with Gasteiger partial charge in [0.1, 0.15) is 0 Å². The number of amides is 2. The average Bonchev–Trinajstić information content (AvgIpc) is 2.80. The van der Waals surface area contributed by atoms with E-state index in [-0.39, 0.29) is 12.6 Å². The van der Waals surface area contributed by atoms with E-state index >= 15 is 0 Å². The van der Waals surface area contributed by atoms with Crippen molar-refractivity contribution in [2.24, 2.45) is 5.92 Å². The van der Waals surface area contributed by atoms with Gasteiger partial charge in [0.05, 0.1) is 17.1 Å². The second kappa shape index (κ2) is 11.3. The standard InChI is InChI=1S/C24H31N3O5S/c1-3-32-23(28)20-5-4-6-21(17-20)26-24(29)25-14-11-19-12-15-27(16-13-19)33(30,31)22-9-7-18(2)8-10-22/h4-10,17,19H,3,11-16H2,1-2H3,(H2,25,26,29). The molecular weight excluding hydrogens is 442 g/mol. The molecular formula is C24H31N3O5S. The normalized spacial score (nSPS) is 15.1. The summed E-state index contributed by atoms with van der Waals surface area (Å²) in [5.74, 6) is -0.0841. The fourth-order valence-corrected chi connectivity index (χ4v) is 5.27. The zero-order chi connectivity index (χ0) is 23.8. The van der Waals surface area contributed by atoms with Crippen LogP contribution in [0.25, 0.3) is 0 Å². The highest BCUT2D eigenvalue weighted by Gasteiger charge is 2.29. The topological polar surface area (TPSA) is 105 Å². The first-order valence-corrected chi connectivity index (χ1v) is 12.6. The van der Waals surface area contributed by atoms with Crippen LogP contribution in [0.1, 0.15) is 42.1 Å². The van der Waals surface area contributed by atoms with Gasteiger partial charge in [-0.25, -0.2) is 18.0 Å². The molecule has 0 saturated carbocycles. The van der Waals surface area contributed by atoms with E-state index in [1.165, 1.54) is 0 Å². The van der Waals surface area contributed by atoms with E-state index in [4.69, 9.17) is 4.74 Å². The Labute approximate surface area is 195 Å². The molecule has 0 aromatic heterocycles. The molecule has 2 amide bonds. The molecule has 9 heteroatoms. The van der Waals surface area contributed by atoms with E-state index in [0.29, 0.717) is 41.7 Å². The molecule has 2 N–H and O–H groups in total. The summed E-state index contributed by atoms with van der Waals surface area (Å²) in [6.07, 6.45) is 2.29. The number of sulfonamides is 1. The molecule has 2 aromatic rings. The number of carbonyl (C=O) groups is 2. The van der Waals surface area contributed by atoms with E-state index < -0.39 is 16.0 Å². The van der Waals surface area contributed by atoms with Crippen molar-refractivity contribution in [2.75, 3.05) is 31.6 Å². The molecule has 0 bridgehead atoms. The Bertz CT molecular complexity index is 1060. The molecule has 1 saturated heterocycles. The number of hydrogen-bond donors (Lipinski definition) is 2. The maximum absolute atomic E-state index is 12.8. The summed E-state index contributed by atoms with van der Waals surface area (Å²) in [5.41, 5.74) is 1.91. The van der Waals surface area contributed by atoms with Gasteiger partial charge < -0.3 is 15.4 Å². The van der Waals surface area contributed by atoms with Gasteiger partial charge >= 0.3 is 12.0 Å². The van der Waals surface area contributed by atoms with Gasteiger partial charge in [0.15, 0.2) is 0 Å². The maximum atomic E-state index is 12.8.